The summed E-state index contributed by atoms with van der Waals surface area (Å²) in [6.45, 7) is 0.554. The van der Waals surface area contributed by atoms with Crippen LogP contribution in [0.15, 0.2) is 42.6 Å². The standard InChI is InChI=1S/C19H18ClN3O2/c20-14-7-8-16(21-12-14)17(24)23-10-4-3-9-19(23)11-13-5-1-2-6-15(13)22-18(19)25/h1-2,5-8,12H,3-4,9-11H2,(H,22,25). The first-order valence-electron chi connectivity index (χ1n) is 8.43. The minimum absolute atomic E-state index is 0.104. The smallest absolute Gasteiger partial charge is 0.273 e. The second-order valence-corrected chi connectivity index (χ2v) is 7.03. The number of anilines is 1. The van der Waals surface area contributed by atoms with E-state index in [2.05, 4.69) is 10.3 Å². The predicted octanol–water partition coefficient (Wildman–Crippen LogP) is 3.29. The SMILES string of the molecule is O=C(c1ccc(Cl)cn1)N1CCCCC12Cc1ccccc1NC2=O. The zero-order valence-corrected chi connectivity index (χ0v) is 14.4. The monoisotopic (exact) mass is 355 g/mol. The molecule has 0 saturated carbocycles. The second-order valence-electron chi connectivity index (χ2n) is 6.60. The summed E-state index contributed by atoms with van der Waals surface area (Å²) in [6, 6.07) is 11.0. The molecule has 1 spiro atoms. The van der Waals surface area contributed by atoms with Crippen LogP contribution in [0.1, 0.15) is 35.3 Å². The molecule has 1 fully saturated rings. The van der Waals surface area contributed by atoms with Crippen LogP contribution in [0.25, 0.3) is 0 Å². The van der Waals surface area contributed by atoms with Crippen molar-refractivity contribution in [1.29, 1.82) is 0 Å². The average Bonchev–Trinajstić information content (AvgIpc) is 2.63. The molecule has 1 N–H and O–H groups in total. The van der Waals surface area contributed by atoms with Crippen LogP contribution in [0.2, 0.25) is 5.02 Å². The molecule has 2 amide bonds. The molecule has 128 valence electrons. The van der Waals surface area contributed by atoms with Gasteiger partial charge >= 0.3 is 0 Å². The third kappa shape index (κ3) is 2.68. The molecule has 1 unspecified atom stereocenters. The van der Waals surface area contributed by atoms with E-state index >= 15 is 0 Å². The lowest BCUT2D eigenvalue weighted by molar-refractivity contribution is -0.129. The van der Waals surface area contributed by atoms with Gasteiger partial charge in [-0.1, -0.05) is 29.8 Å². The Morgan fingerprint density at radius 1 is 1.20 bits per heavy atom. The third-order valence-electron chi connectivity index (χ3n) is 5.10. The fourth-order valence-electron chi connectivity index (χ4n) is 3.82. The molecular weight excluding hydrogens is 338 g/mol. The number of hydrogen-bond donors (Lipinski definition) is 1. The Balaban J connectivity index is 1.73. The number of likely N-dealkylation sites (tertiary alicyclic amines) is 1. The molecule has 6 heteroatoms. The summed E-state index contributed by atoms with van der Waals surface area (Å²) in [5, 5.41) is 3.47. The average molecular weight is 356 g/mol. The Kier molecular flexibility index (Phi) is 3.96. The molecule has 4 rings (SSSR count). The summed E-state index contributed by atoms with van der Waals surface area (Å²) in [6.07, 6.45) is 4.46. The van der Waals surface area contributed by atoms with Gasteiger partial charge in [0.15, 0.2) is 0 Å². The zero-order valence-electron chi connectivity index (χ0n) is 13.7. The summed E-state index contributed by atoms with van der Waals surface area (Å²) in [7, 11) is 0. The van der Waals surface area contributed by atoms with Crippen molar-refractivity contribution >= 4 is 29.1 Å². The Hall–Kier alpha value is -2.40. The highest BCUT2D eigenvalue weighted by atomic mass is 35.5. The molecule has 3 heterocycles. The summed E-state index contributed by atoms with van der Waals surface area (Å²) >= 11 is 5.87. The van der Waals surface area contributed by atoms with Crippen LogP contribution >= 0.6 is 11.6 Å². The molecule has 2 aromatic rings. The summed E-state index contributed by atoms with van der Waals surface area (Å²) in [5.41, 5.74) is 1.37. The van der Waals surface area contributed by atoms with E-state index in [1.54, 1.807) is 17.0 Å². The summed E-state index contributed by atoms with van der Waals surface area (Å²) in [4.78, 5) is 31.9. The highest BCUT2D eigenvalue weighted by molar-refractivity contribution is 6.30. The van der Waals surface area contributed by atoms with E-state index in [0.717, 1.165) is 24.1 Å². The number of benzene rings is 1. The van der Waals surface area contributed by atoms with Crippen molar-refractivity contribution in [3.63, 3.8) is 0 Å². The first kappa shape index (κ1) is 16.1. The molecule has 1 atom stereocenters. The van der Waals surface area contributed by atoms with Crippen molar-refractivity contribution in [2.24, 2.45) is 0 Å². The number of rotatable bonds is 1. The van der Waals surface area contributed by atoms with Gasteiger partial charge in [-0.3, -0.25) is 9.59 Å². The Bertz CT molecular complexity index is 837. The molecule has 2 aliphatic rings. The largest absolute Gasteiger partial charge is 0.324 e. The van der Waals surface area contributed by atoms with Crippen molar-refractivity contribution < 1.29 is 9.59 Å². The van der Waals surface area contributed by atoms with Gasteiger partial charge in [-0.25, -0.2) is 4.98 Å². The predicted molar refractivity (Wildman–Crippen MR) is 95.6 cm³/mol. The minimum atomic E-state index is -0.842. The number of carbonyl (C=O) groups excluding carboxylic acids is 2. The fraction of sp³-hybridized carbons (Fsp3) is 0.316. The van der Waals surface area contributed by atoms with Crippen molar-refractivity contribution in [3.05, 3.63) is 58.9 Å². The van der Waals surface area contributed by atoms with Crippen LogP contribution in [0, 0.1) is 0 Å². The van der Waals surface area contributed by atoms with Gasteiger partial charge in [0.1, 0.15) is 11.2 Å². The second kappa shape index (κ2) is 6.15. The van der Waals surface area contributed by atoms with Gasteiger partial charge in [0.25, 0.3) is 11.8 Å². The van der Waals surface area contributed by atoms with Crippen LogP contribution in [0.5, 0.6) is 0 Å². The number of nitrogens with one attached hydrogen (secondary N) is 1. The van der Waals surface area contributed by atoms with E-state index < -0.39 is 5.54 Å². The minimum Gasteiger partial charge on any atom is -0.324 e. The number of carbonyl (C=O) groups is 2. The van der Waals surface area contributed by atoms with Crippen molar-refractivity contribution in [2.75, 3.05) is 11.9 Å². The van der Waals surface area contributed by atoms with Gasteiger partial charge in [0.05, 0.1) is 5.02 Å². The molecule has 25 heavy (non-hydrogen) atoms. The number of amides is 2. The van der Waals surface area contributed by atoms with E-state index in [1.165, 1.54) is 6.20 Å². The molecule has 2 aliphatic heterocycles. The van der Waals surface area contributed by atoms with Crippen LogP contribution < -0.4 is 5.32 Å². The maximum absolute atomic E-state index is 13.1. The van der Waals surface area contributed by atoms with Gasteiger partial charge in [-0.2, -0.15) is 0 Å². The molecule has 5 nitrogen and oxygen atoms in total. The quantitative estimate of drug-likeness (QED) is 0.853. The van der Waals surface area contributed by atoms with E-state index in [-0.39, 0.29) is 11.8 Å². The van der Waals surface area contributed by atoms with Crippen LogP contribution in [-0.4, -0.2) is 33.8 Å². The Morgan fingerprint density at radius 3 is 2.84 bits per heavy atom. The van der Waals surface area contributed by atoms with Gasteiger partial charge in [-0.15, -0.1) is 0 Å². The van der Waals surface area contributed by atoms with Crippen molar-refractivity contribution in [3.8, 4) is 0 Å². The molecule has 0 bridgehead atoms. The van der Waals surface area contributed by atoms with Crippen LogP contribution in [0.4, 0.5) is 5.69 Å². The number of pyridine rings is 1. The van der Waals surface area contributed by atoms with Crippen molar-refractivity contribution in [1.82, 2.24) is 9.88 Å². The van der Waals surface area contributed by atoms with Gasteiger partial charge in [0.2, 0.25) is 0 Å². The normalized spacial score (nSPS) is 22.4. The number of piperidine rings is 1. The van der Waals surface area contributed by atoms with E-state index in [4.69, 9.17) is 11.6 Å². The molecule has 1 saturated heterocycles. The van der Waals surface area contributed by atoms with E-state index in [9.17, 15) is 9.59 Å². The van der Waals surface area contributed by atoms with Crippen molar-refractivity contribution in [2.45, 2.75) is 31.2 Å². The number of para-hydroxylation sites is 1. The van der Waals surface area contributed by atoms with Crippen LogP contribution in [0.3, 0.4) is 0 Å². The topological polar surface area (TPSA) is 62.3 Å². The molecule has 1 aromatic carbocycles. The lowest BCUT2D eigenvalue weighted by atomic mass is 9.77. The van der Waals surface area contributed by atoms with E-state index in [0.29, 0.717) is 30.1 Å². The Morgan fingerprint density at radius 2 is 2.04 bits per heavy atom. The Labute approximate surface area is 151 Å². The molecule has 0 aliphatic carbocycles. The molecule has 0 radical (unpaired) electrons. The summed E-state index contributed by atoms with van der Waals surface area (Å²) in [5.74, 6) is -0.320. The number of aromatic nitrogens is 1. The highest BCUT2D eigenvalue weighted by Crippen LogP contribution is 2.38. The maximum Gasteiger partial charge on any atom is 0.273 e. The highest BCUT2D eigenvalue weighted by Gasteiger charge is 2.50. The zero-order chi connectivity index (χ0) is 17.4. The number of hydrogen-bond acceptors (Lipinski definition) is 3. The third-order valence-corrected chi connectivity index (χ3v) is 5.33. The fourth-order valence-corrected chi connectivity index (χ4v) is 3.93. The number of fused-ring (bicyclic) bond motifs is 1. The lowest BCUT2D eigenvalue weighted by Gasteiger charge is -2.48. The van der Waals surface area contributed by atoms with E-state index in [1.807, 2.05) is 24.3 Å². The van der Waals surface area contributed by atoms with Gasteiger partial charge in [0, 0.05) is 24.8 Å². The van der Waals surface area contributed by atoms with Gasteiger partial charge < -0.3 is 10.2 Å². The first-order chi connectivity index (χ1) is 12.1. The maximum atomic E-state index is 13.1. The number of nitrogens with zero attached hydrogens (tertiary/aromatic N) is 2. The lowest BCUT2D eigenvalue weighted by Crippen LogP contribution is -2.63. The number of halogens is 1. The molecule has 1 aromatic heterocycles. The van der Waals surface area contributed by atoms with Crippen LogP contribution in [-0.2, 0) is 11.2 Å². The molecular formula is C19H18ClN3O2. The first-order valence-corrected chi connectivity index (χ1v) is 8.81. The van der Waals surface area contributed by atoms with Gasteiger partial charge in [-0.05, 0) is 43.0 Å². The summed E-state index contributed by atoms with van der Waals surface area (Å²) < 4.78 is 0.